The zero-order valence-corrected chi connectivity index (χ0v) is 7.87. The predicted octanol–water partition coefficient (Wildman–Crippen LogP) is -1.74. The molecule has 6 heteroatoms. The van der Waals surface area contributed by atoms with Gasteiger partial charge in [0, 0.05) is 6.42 Å². The van der Waals surface area contributed by atoms with E-state index in [9.17, 15) is 14.4 Å². The van der Waals surface area contributed by atoms with Crippen LogP contribution in [0.3, 0.4) is 0 Å². The first-order chi connectivity index (χ1) is 6.50. The highest BCUT2D eigenvalue weighted by Gasteiger charge is 2.28. The van der Waals surface area contributed by atoms with Crippen LogP contribution in [0.1, 0.15) is 19.8 Å². The first-order valence-corrected chi connectivity index (χ1v) is 4.39. The number of primary amides is 1. The molecule has 0 aromatic carbocycles. The van der Waals surface area contributed by atoms with Crippen LogP contribution in [0, 0.1) is 0 Å². The van der Waals surface area contributed by atoms with Gasteiger partial charge in [0.05, 0.1) is 12.1 Å². The zero-order valence-electron chi connectivity index (χ0n) is 7.87. The van der Waals surface area contributed by atoms with Crippen LogP contribution in [0.25, 0.3) is 0 Å². The van der Waals surface area contributed by atoms with Gasteiger partial charge in [-0.2, -0.15) is 0 Å². The van der Waals surface area contributed by atoms with E-state index < -0.39 is 23.9 Å². The minimum absolute atomic E-state index is 0.278. The van der Waals surface area contributed by atoms with E-state index in [4.69, 9.17) is 5.73 Å². The molecule has 14 heavy (non-hydrogen) atoms. The molecule has 0 aromatic heterocycles. The molecule has 6 nitrogen and oxygen atoms in total. The van der Waals surface area contributed by atoms with E-state index in [1.54, 1.807) is 6.92 Å². The van der Waals surface area contributed by atoms with Crippen LogP contribution in [0.2, 0.25) is 0 Å². The highest BCUT2D eigenvalue weighted by molar-refractivity contribution is 6.00. The van der Waals surface area contributed by atoms with Crippen molar-refractivity contribution in [2.45, 2.75) is 31.8 Å². The molecule has 0 aromatic rings. The van der Waals surface area contributed by atoms with Crippen molar-refractivity contribution in [2.24, 2.45) is 5.73 Å². The molecule has 4 N–H and O–H groups in total. The summed E-state index contributed by atoms with van der Waals surface area (Å²) < 4.78 is 0. The molecule has 78 valence electrons. The van der Waals surface area contributed by atoms with Gasteiger partial charge >= 0.3 is 0 Å². The van der Waals surface area contributed by atoms with Crippen LogP contribution in [0.4, 0.5) is 0 Å². The summed E-state index contributed by atoms with van der Waals surface area (Å²) in [5.74, 6) is -1.19. The molecule has 2 atom stereocenters. The van der Waals surface area contributed by atoms with Crippen LogP contribution in [0.5, 0.6) is 0 Å². The van der Waals surface area contributed by atoms with Gasteiger partial charge in [-0.15, -0.1) is 0 Å². The van der Waals surface area contributed by atoms with Gasteiger partial charge in [0.1, 0.15) is 0 Å². The lowest BCUT2D eigenvalue weighted by molar-refractivity contribution is -0.134. The largest absolute Gasteiger partial charge is 0.368 e. The number of nitrogens with one attached hydrogen (secondary N) is 2. The third-order valence-electron chi connectivity index (χ3n) is 2.12. The number of carbonyl (C=O) groups excluding carboxylic acids is 3. The molecule has 2 unspecified atom stereocenters. The lowest BCUT2D eigenvalue weighted by Crippen LogP contribution is -2.55. The number of piperidine rings is 1. The minimum Gasteiger partial charge on any atom is -0.368 e. The molecule has 0 radical (unpaired) electrons. The summed E-state index contributed by atoms with van der Waals surface area (Å²) in [6.07, 6.45) is 0.692. The van der Waals surface area contributed by atoms with E-state index in [0.717, 1.165) is 0 Å². The summed E-state index contributed by atoms with van der Waals surface area (Å²) in [6, 6.07) is -1.07. The number of nitrogens with two attached hydrogens (primary N) is 1. The molecule has 0 saturated carbocycles. The maximum Gasteiger partial charge on any atom is 0.243 e. The fourth-order valence-corrected chi connectivity index (χ4v) is 1.24. The summed E-state index contributed by atoms with van der Waals surface area (Å²) in [5, 5.41) is 4.93. The molecule has 1 fully saturated rings. The second-order valence-corrected chi connectivity index (χ2v) is 3.29. The fourth-order valence-electron chi connectivity index (χ4n) is 1.24. The average Bonchev–Trinajstić information content (AvgIpc) is 2.09. The van der Waals surface area contributed by atoms with E-state index in [1.165, 1.54) is 0 Å². The molecule has 1 aliphatic heterocycles. The summed E-state index contributed by atoms with van der Waals surface area (Å²) in [4.78, 5) is 32.7. The number of imide groups is 1. The predicted molar refractivity (Wildman–Crippen MR) is 48.0 cm³/mol. The second kappa shape index (κ2) is 4.19. The smallest absolute Gasteiger partial charge is 0.243 e. The van der Waals surface area contributed by atoms with Crippen molar-refractivity contribution >= 4 is 17.7 Å². The summed E-state index contributed by atoms with van der Waals surface area (Å²) in [6.45, 7) is 1.58. The van der Waals surface area contributed by atoms with Gasteiger partial charge < -0.3 is 5.73 Å². The Morgan fingerprint density at radius 3 is 2.79 bits per heavy atom. The lowest BCUT2D eigenvalue weighted by Gasteiger charge is -2.23. The molecule has 1 saturated heterocycles. The normalized spacial score (nSPS) is 24.2. The second-order valence-electron chi connectivity index (χ2n) is 3.29. The number of amides is 3. The molecule has 3 amide bonds. The van der Waals surface area contributed by atoms with Crippen molar-refractivity contribution in [1.82, 2.24) is 10.6 Å². The van der Waals surface area contributed by atoms with Gasteiger partial charge in [0.2, 0.25) is 17.7 Å². The average molecular weight is 199 g/mol. The topological polar surface area (TPSA) is 101 Å². The van der Waals surface area contributed by atoms with Crippen molar-refractivity contribution < 1.29 is 14.4 Å². The van der Waals surface area contributed by atoms with Crippen LogP contribution in [-0.2, 0) is 14.4 Å². The summed E-state index contributed by atoms with van der Waals surface area (Å²) in [5.41, 5.74) is 5.03. The van der Waals surface area contributed by atoms with E-state index in [-0.39, 0.29) is 12.3 Å². The quantitative estimate of drug-likeness (QED) is 0.469. The van der Waals surface area contributed by atoms with Gasteiger partial charge in [-0.25, -0.2) is 0 Å². The molecule has 0 bridgehead atoms. The standard InChI is InChI=1S/C8H13N3O3/c1-4(7(9)13)10-5-2-3-6(12)11-8(5)14/h4-5,10H,2-3H2,1H3,(H2,9,13)(H,11,12,14). The maximum atomic E-state index is 11.2. The van der Waals surface area contributed by atoms with Gasteiger partial charge in [-0.05, 0) is 13.3 Å². The Bertz CT molecular complexity index is 277. The van der Waals surface area contributed by atoms with Crippen LogP contribution in [-0.4, -0.2) is 29.8 Å². The van der Waals surface area contributed by atoms with Crippen molar-refractivity contribution in [1.29, 1.82) is 0 Å². The molecular formula is C8H13N3O3. The van der Waals surface area contributed by atoms with Crippen molar-refractivity contribution in [3.05, 3.63) is 0 Å². The Hall–Kier alpha value is -1.43. The number of rotatable bonds is 3. The van der Waals surface area contributed by atoms with Crippen LogP contribution >= 0.6 is 0 Å². The highest BCUT2D eigenvalue weighted by atomic mass is 16.2. The Morgan fingerprint density at radius 1 is 1.64 bits per heavy atom. The Labute approximate surface area is 81.2 Å². The third kappa shape index (κ3) is 2.53. The van der Waals surface area contributed by atoms with E-state index >= 15 is 0 Å². The molecule has 0 aliphatic carbocycles. The first kappa shape index (κ1) is 10.6. The molecular weight excluding hydrogens is 186 g/mol. The highest BCUT2D eigenvalue weighted by Crippen LogP contribution is 2.04. The van der Waals surface area contributed by atoms with E-state index in [1.807, 2.05) is 0 Å². The molecule has 1 heterocycles. The van der Waals surface area contributed by atoms with Gasteiger partial charge in [-0.3, -0.25) is 25.0 Å². The van der Waals surface area contributed by atoms with Gasteiger partial charge in [0.25, 0.3) is 0 Å². The van der Waals surface area contributed by atoms with Crippen molar-refractivity contribution in [2.75, 3.05) is 0 Å². The number of carbonyl (C=O) groups is 3. The monoisotopic (exact) mass is 199 g/mol. The van der Waals surface area contributed by atoms with Crippen molar-refractivity contribution in [3.8, 4) is 0 Å². The maximum absolute atomic E-state index is 11.2. The Kier molecular flexibility index (Phi) is 3.19. The lowest BCUT2D eigenvalue weighted by atomic mass is 10.1. The van der Waals surface area contributed by atoms with Gasteiger partial charge in [0.15, 0.2) is 0 Å². The van der Waals surface area contributed by atoms with E-state index in [2.05, 4.69) is 10.6 Å². The SMILES string of the molecule is CC(NC1CCC(=O)NC1=O)C(N)=O. The number of hydrogen-bond acceptors (Lipinski definition) is 4. The van der Waals surface area contributed by atoms with E-state index in [0.29, 0.717) is 6.42 Å². The minimum atomic E-state index is -0.570. The zero-order chi connectivity index (χ0) is 10.7. The Balaban J connectivity index is 2.49. The first-order valence-electron chi connectivity index (χ1n) is 4.39. The van der Waals surface area contributed by atoms with Crippen molar-refractivity contribution in [3.63, 3.8) is 0 Å². The fraction of sp³-hybridized carbons (Fsp3) is 0.625. The summed E-state index contributed by atoms with van der Waals surface area (Å²) >= 11 is 0. The third-order valence-corrected chi connectivity index (χ3v) is 2.12. The Morgan fingerprint density at radius 2 is 2.29 bits per heavy atom. The molecule has 1 rings (SSSR count). The molecule has 1 aliphatic rings. The number of hydrogen-bond donors (Lipinski definition) is 3. The van der Waals surface area contributed by atoms with Crippen LogP contribution in [0.15, 0.2) is 0 Å². The molecule has 0 spiro atoms. The van der Waals surface area contributed by atoms with Gasteiger partial charge in [-0.1, -0.05) is 0 Å². The summed E-state index contributed by atoms with van der Waals surface area (Å²) in [7, 11) is 0. The van der Waals surface area contributed by atoms with Crippen LogP contribution < -0.4 is 16.4 Å².